The van der Waals surface area contributed by atoms with E-state index in [1.54, 1.807) is 6.07 Å². The summed E-state index contributed by atoms with van der Waals surface area (Å²) in [6.45, 7) is 1.97. The van der Waals surface area contributed by atoms with E-state index in [4.69, 9.17) is 17.1 Å². The fraction of sp³-hybridized carbons (Fsp3) is 0.333. The van der Waals surface area contributed by atoms with Crippen LogP contribution in [0.2, 0.25) is 5.02 Å². The van der Waals surface area contributed by atoms with Gasteiger partial charge in [0.15, 0.2) is 0 Å². The first kappa shape index (κ1) is 9.90. The topological polar surface area (TPSA) is 48.8 Å². The first-order valence-electron chi connectivity index (χ1n) is 4.07. The zero-order valence-corrected chi connectivity index (χ0v) is 8.07. The van der Waals surface area contributed by atoms with Gasteiger partial charge in [-0.05, 0) is 29.6 Å². The maximum Gasteiger partial charge on any atom is 0.0623 e. The van der Waals surface area contributed by atoms with Crippen LogP contribution in [-0.2, 0) is 0 Å². The summed E-state index contributed by atoms with van der Waals surface area (Å²) in [4.78, 5) is 2.79. The van der Waals surface area contributed by atoms with Crippen LogP contribution in [0.15, 0.2) is 29.4 Å². The maximum atomic E-state index is 8.32. The average molecular weight is 196 g/mol. The number of nitrogens with zero attached hydrogens (tertiary/aromatic N) is 3. The van der Waals surface area contributed by atoms with Crippen molar-refractivity contribution in [3.63, 3.8) is 0 Å². The third-order valence-corrected chi connectivity index (χ3v) is 2.05. The number of azide groups is 1. The molecule has 1 rings (SSSR count). The van der Waals surface area contributed by atoms with Crippen LogP contribution in [-0.4, -0.2) is 0 Å². The standard InChI is InChI=1S/C9H10ClN3/c1-2-9(12-13-11)7-4-3-5-8(10)6-7/h3-6,9H,2H2,1H3/t9-/m0/s1. The predicted molar refractivity (Wildman–Crippen MR) is 53.6 cm³/mol. The predicted octanol–water partition coefficient (Wildman–Crippen LogP) is 4.10. The molecule has 0 heterocycles. The number of hydrogen-bond acceptors (Lipinski definition) is 1. The molecule has 0 saturated carbocycles. The number of halogens is 1. The van der Waals surface area contributed by atoms with E-state index in [9.17, 15) is 0 Å². The molecule has 0 N–H and O–H groups in total. The molecular formula is C9H10ClN3. The molecule has 0 aliphatic heterocycles. The maximum absolute atomic E-state index is 8.32. The van der Waals surface area contributed by atoms with Gasteiger partial charge >= 0.3 is 0 Å². The molecule has 4 heteroatoms. The van der Waals surface area contributed by atoms with Crippen molar-refractivity contribution in [3.8, 4) is 0 Å². The minimum atomic E-state index is -0.108. The van der Waals surface area contributed by atoms with Crippen LogP contribution in [0.3, 0.4) is 0 Å². The highest BCUT2D eigenvalue weighted by Crippen LogP contribution is 2.23. The molecular weight excluding hydrogens is 186 g/mol. The second-order valence-electron chi connectivity index (χ2n) is 2.68. The van der Waals surface area contributed by atoms with Gasteiger partial charge in [-0.3, -0.25) is 0 Å². The molecule has 68 valence electrons. The van der Waals surface area contributed by atoms with Gasteiger partial charge in [0.05, 0.1) is 6.04 Å². The third kappa shape index (κ3) is 2.65. The molecule has 0 bridgehead atoms. The van der Waals surface area contributed by atoms with Gasteiger partial charge < -0.3 is 0 Å². The highest BCUT2D eigenvalue weighted by Gasteiger charge is 2.06. The summed E-state index contributed by atoms with van der Waals surface area (Å²) in [5, 5.41) is 4.35. The normalized spacial score (nSPS) is 11.8. The minimum Gasteiger partial charge on any atom is -0.0859 e. The first-order valence-corrected chi connectivity index (χ1v) is 4.45. The summed E-state index contributed by atoms with van der Waals surface area (Å²) in [5.74, 6) is 0. The van der Waals surface area contributed by atoms with Crippen molar-refractivity contribution >= 4 is 11.6 Å². The van der Waals surface area contributed by atoms with Crippen LogP contribution in [0.1, 0.15) is 24.9 Å². The molecule has 0 amide bonds. The average Bonchev–Trinajstić information content (AvgIpc) is 2.14. The zero-order valence-electron chi connectivity index (χ0n) is 7.31. The Morgan fingerprint density at radius 3 is 2.92 bits per heavy atom. The van der Waals surface area contributed by atoms with Crippen molar-refractivity contribution in [1.82, 2.24) is 0 Å². The van der Waals surface area contributed by atoms with Gasteiger partial charge in [0.1, 0.15) is 0 Å². The first-order chi connectivity index (χ1) is 6.27. The van der Waals surface area contributed by atoms with Crippen LogP contribution in [0.5, 0.6) is 0 Å². The lowest BCUT2D eigenvalue weighted by Gasteiger charge is -2.07. The summed E-state index contributed by atoms with van der Waals surface area (Å²) in [6, 6.07) is 7.28. The van der Waals surface area contributed by atoms with Crippen molar-refractivity contribution in [3.05, 3.63) is 45.3 Å². The van der Waals surface area contributed by atoms with Crippen LogP contribution >= 0.6 is 11.6 Å². The molecule has 0 spiro atoms. The summed E-state index contributed by atoms with van der Waals surface area (Å²) >= 11 is 5.81. The van der Waals surface area contributed by atoms with Crippen molar-refractivity contribution in [2.75, 3.05) is 0 Å². The van der Waals surface area contributed by atoms with Gasteiger partial charge in [0.25, 0.3) is 0 Å². The lowest BCUT2D eigenvalue weighted by molar-refractivity contribution is 0.693. The molecule has 0 aromatic heterocycles. The van der Waals surface area contributed by atoms with Gasteiger partial charge in [0.2, 0.25) is 0 Å². The molecule has 3 nitrogen and oxygen atoms in total. The lowest BCUT2D eigenvalue weighted by Crippen LogP contribution is -1.91. The fourth-order valence-corrected chi connectivity index (χ4v) is 1.36. The molecule has 0 saturated heterocycles. The van der Waals surface area contributed by atoms with E-state index in [0.717, 1.165) is 12.0 Å². The Labute approximate surface area is 82.0 Å². The summed E-state index contributed by atoms with van der Waals surface area (Å²) in [6.07, 6.45) is 0.782. The minimum absolute atomic E-state index is 0.108. The molecule has 0 aliphatic rings. The lowest BCUT2D eigenvalue weighted by atomic mass is 10.1. The summed E-state index contributed by atoms with van der Waals surface area (Å²) in [5.41, 5.74) is 9.29. The van der Waals surface area contributed by atoms with E-state index < -0.39 is 0 Å². The van der Waals surface area contributed by atoms with Crippen LogP contribution in [0.25, 0.3) is 10.4 Å². The molecule has 13 heavy (non-hydrogen) atoms. The highest BCUT2D eigenvalue weighted by molar-refractivity contribution is 6.30. The molecule has 0 radical (unpaired) electrons. The van der Waals surface area contributed by atoms with Gasteiger partial charge in [0, 0.05) is 9.93 Å². The fourth-order valence-electron chi connectivity index (χ4n) is 1.16. The van der Waals surface area contributed by atoms with E-state index in [1.165, 1.54) is 0 Å². The van der Waals surface area contributed by atoms with Crippen molar-refractivity contribution in [2.45, 2.75) is 19.4 Å². The second kappa shape index (κ2) is 4.75. The van der Waals surface area contributed by atoms with Crippen LogP contribution < -0.4 is 0 Å². The second-order valence-corrected chi connectivity index (χ2v) is 3.12. The molecule has 1 aromatic rings. The van der Waals surface area contributed by atoms with Gasteiger partial charge in [-0.25, -0.2) is 0 Å². The number of benzene rings is 1. The molecule has 0 aliphatic carbocycles. The van der Waals surface area contributed by atoms with E-state index >= 15 is 0 Å². The highest BCUT2D eigenvalue weighted by atomic mass is 35.5. The van der Waals surface area contributed by atoms with Gasteiger partial charge in [-0.2, -0.15) is 0 Å². The Hall–Kier alpha value is -1.18. The third-order valence-electron chi connectivity index (χ3n) is 1.81. The van der Waals surface area contributed by atoms with Crippen molar-refractivity contribution in [1.29, 1.82) is 0 Å². The van der Waals surface area contributed by atoms with Gasteiger partial charge in [-0.1, -0.05) is 35.8 Å². The molecule has 0 fully saturated rings. The Balaban J connectivity index is 2.97. The quantitative estimate of drug-likeness (QED) is 0.396. The molecule has 1 atom stereocenters. The van der Waals surface area contributed by atoms with E-state index in [2.05, 4.69) is 10.0 Å². The van der Waals surface area contributed by atoms with E-state index in [0.29, 0.717) is 5.02 Å². The monoisotopic (exact) mass is 195 g/mol. The summed E-state index contributed by atoms with van der Waals surface area (Å²) in [7, 11) is 0. The summed E-state index contributed by atoms with van der Waals surface area (Å²) < 4.78 is 0. The van der Waals surface area contributed by atoms with Crippen molar-refractivity contribution in [2.24, 2.45) is 5.11 Å². The Morgan fingerprint density at radius 2 is 2.38 bits per heavy atom. The van der Waals surface area contributed by atoms with E-state index in [1.807, 2.05) is 25.1 Å². The smallest absolute Gasteiger partial charge is 0.0623 e. The molecule has 1 aromatic carbocycles. The Morgan fingerprint density at radius 1 is 1.62 bits per heavy atom. The van der Waals surface area contributed by atoms with Crippen LogP contribution in [0, 0.1) is 0 Å². The number of hydrogen-bond donors (Lipinski definition) is 0. The zero-order chi connectivity index (χ0) is 9.68. The molecule has 0 unspecified atom stereocenters. The SMILES string of the molecule is CC[C@H](N=[N+]=[N-])c1cccc(Cl)c1. The Bertz CT molecular complexity index is 331. The van der Waals surface area contributed by atoms with E-state index in [-0.39, 0.29) is 6.04 Å². The Kier molecular flexibility index (Phi) is 3.62. The largest absolute Gasteiger partial charge is 0.0859 e. The number of rotatable bonds is 3. The van der Waals surface area contributed by atoms with Crippen molar-refractivity contribution < 1.29 is 0 Å². The van der Waals surface area contributed by atoms with Crippen LogP contribution in [0.4, 0.5) is 0 Å². The van der Waals surface area contributed by atoms with Gasteiger partial charge in [-0.15, -0.1) is 0 Å².